The molecule has 1 aliphatic heterocycles. The Labute approximate surface area is 116 Å². The molecule has 5 nitrogen and oxygen atoms in total. The second kappa shape index (κ2) is 6.76. The lowest BCUT2D eigenvalue weighted by Gasteiger charge is -2.40. The number of hydrogen-bond acceptors (Lipinski definition) is 4. The maximum atomic E-state index is 12.0. The number of unbranched alkanes of at least 4 members (excludes halogenated alkanes) is 1. The van der Waals surface area contributed by atoms with Crippen molar-refractivity contribution < 1.29 is 9.53 Å². The zero-order chi connectivity index (χ0) is 14.5. The molecule has 19 heavy (non-hydrogen) atoms. The van der Waals surface area contributed by atoms with E-state index in [1.165, 1.54) is 0 Å². The number of amides is 1. The van der Waals surface area contributed by atoms with Crippen molar-refractivity contribution in [1.29, 1.82) is 5.26 Å². The zero-order valence-corrected chi connectivity index (χ0v) is 12.5. The minimum Gasteiger partial charge on any atom is -0.444 e. The first-order valence-electron chi connectivity index (χ1n) is 6.92. The molecule has 108 valence electrons. The fraction of sp³-hybridized carbons (Fsp3) is 0.857. The van der Waals surface area contributed by atoms with Crippen LogP contribution in [0.3, 0.4) is 0 Å². The van der Waals surface area contributed by atoms with Gasteiger partial charge in [-0.15, -0.1) is 0 Å². The summed E-state index contributed by atoms with van der Waals surface area (Å²) in [5, 5.41) is 8.55. The minimum atomic E-state index is -0.440. The summed E-state index contributed by atoms with van der Waals surface area (Å²) in [5.41, 5.74) is -0.440. The molecule has 1 aliphatic rings. The van der Waals surface area contributed by atoms with Crippen LogP contribution in [0.4, 0.5) is 4.79 Å². The monoisotopic (exact) mass is 267 g/mol. The fourth-order valence-corrected chi connectivity index (χ4v) is 2.18. The van der Waals surface area contributed by atoms with E-state index >= 15 is 0 Å². The van der Waals surface area contributed by atoms with Crippen LogP contribution in [-0.4, -0.2) is 53.7 Å². The van der Waals surface area contributed by atoms with E-state index < -0.39 is 5.60 Å². The van der Waals surface area contributed by atoms with Gasteiger partial charge in [-0.2, -0.15) is 5.26 Å². The quantitative estimate of drug-likeness (QED) is 0.736. The number of rotatable bonds is 3. The molecule has 5 heteroatoms. The summed E-state index contributed by atoms with van der Waals surface area (Å²) >= 11 is 0. The number of carbonyl (C=O) groups excluding carboxylic acids is 1. The van der Waals surface area contributed by atoms with E-state index in [4.69, 9.17) is 10.00 Å². The van der Waals surface area contributed by atoms with Gasteiger partial charge in [0.1, 0.15) is 5.60 Å². The Morgan fingerprint density at radius 3 is 2.63 bits per heavy atom. The molecule has 1 amide bonds. The summed E-state index contributed by atoms with van der Waals surface area (Å²) in [6.45, 7) is 10.9. The lowest BCUT2D eigenvalue weighted by molar-refractivity contribution is 0.00574. The Morgan fingerprint density at radius 1 is 1.42 bits per heavy atom. The lowest BCUT2D eigenvalue weighted by atomic mass is 10.1. The van der Waals surface area contributed by atoms with Gasteiger partial charge in [-0.25, -0.2) is 4.79 Å². The van der Waals surface area contributed by atoms with E-state index in [-0.39, 0.29) is 6.09 Å². The summed E-state index contributed by atoms with van der Waals surface area (Å²) in [4.78, 5) is 16.1. The molecule has 0 spiro atoms. The summed E-state index contributed by atoms with van der Waals surface area (Å²) in [5.74, 6) is 0. The molecule has 1 atom stereocenters. The van der Waals surface area contributed by atoms with E-state index in [1.807, 2.05) is 20.8 Å². The normalized spacial score (nSPS) is 21.0. The minimum absolute atomic E-state index is 0.226. The molecule has 1 heterocycles. The number of nitriles is 1. The highest BCUT2D eigenvalue weighted by molar-refractivity contribution is 5.68. The van der Waals surface area contributed by atoms with Gasteiger partial charge in [0.15, 0.2) is 0 Å². The molecule has 0 saturated carbocycles. The van der Waals surface area contributed by atoms with Crippen LogP contribution in [0.25, 0.3) is 0 Å². The third kappa shape index (κ3) is 5.48. The van der Waals surface area contributed by atoms with Gasteiger partial charge >= 0.3 is 6.09 Å². The molecular formula is C14H25N3O2. The van der Waals surface area contributed by atoms with E-state index in [1.54, 1.807) is 4.90 Å². The van der Waals surface area contributed by atoms with E-state index in [9.17, 15) is 4.79 Å². The Hall–Kier alpha value is -1.28. The van der Waals surface area contributed by atoms with Crippen LogP contribution in [0, 0.1) is 11.3 Å². The fourth-order valence-electron chi connectivity index (χ4n) is 2.18. The molecular weight excluding hydrogens is 242 g/mol. The Kier molecular flexibility index (Phi) is 5.61. The average molecular weight is 267 g/mol. The summed E-state index contributed by atoms with van der Waals surface area (Å²) in [6.07, 6.45) is 1.27. The van der Waals surface area contributed by atoms with Crippen molar-refractivity contribution in [1.82, 2.24) is 9.80 Å². The number of piperazine rings is 1. The smallest absolute Gasteiger partial charge is 0.410 e. The van der Waals surface area contributed by atoms with Gasteiger partial charge in [-0.05, 0) is 40.7 Å². The van der Waals surface area contributed by atoms with Crippen molar-refractivity contribution in [3.05, 3.63) is 0 Å². The largest absolute Gasteiger partial charge is 0.444 e. The second-order valence-corrected chi connectivity index (χ2v) is 6.07. The number of hydrogen-bond donors (Lipinski definition) is 0. The molecule has 0 aromatic heterocycles. The van der Waals surface area contributed by atoms with Crippen LogP contribution in [0.1, 0.15) is 40.5 Å². The average Bonchev–Trinajstić information content (AvgIpc) is 2.29. The summed E-state index contributed by atoms with van der Waals surface area (Å²) < 4.78 is 5.38. The third-order valence-electron chi connectivity index (χ3n) is 3.15. The molecule has 0 aromatic rings. The Morgan fingerprint density at radius 2 is 2.11 bits per heavy atom. The van der Waals surface area contributed by atoms with Gasteiger partial charge in [-0.3, -0.25) is 4.90 Å². The first kappa shape index (κ1) is 15.8. The van der Waals surface area contributed by atoms with E-state index in [2.05, 4.69) is 17.9 Å². The molecule has 1 fully saturated rings. The first-order valence-corrected chi connectivity index (χ1v) is 6.92. The van der Waals surface area contributed by atoms with Gasteiger partial charge in [-0.1, -0.05) is 0 Å². The second-order valence-electron chi connectivity index (χ2n) is 6.07. The molecule has 1 saturated heterocycles. The van der Waals surface area contributed by atoms with Crippen molar-refractivity contribution in [2.45, 2.75) is 52.2 Å². The lowest BCUT2D eigenvalue weighted by Crippen LogP contribution is -2.54. The van der Waals surface area contributed by atoms with Crippen LogP contribution in [0.15, 0.2) is 0 Å². The number of ether oxygens (including phenoxy) is 1. The van der Waals surface area contributed by atoms with Gasteiger partial charge in [0.2, 0.25) is 0 Å². The molecule has 0 N–H and O–H groups in total. The maximum absolute atomic E-state index is 12.0. The summed E-state index contributed by atoms with van der Waals surface area (Å²) in [6, 6.07) is 2.48. The van der Waals surface area contributed by atoms with Gasteiger partial charge in [0.05, 0.1) is 6.07 Å². The molecule has 0 aliphatic carbocycles. The van der Waals surface area contributed by atoms with Crippen LogP contribution >= 0.6 is 0 Å². The third-order valence-corrected chi connectivity index (χ3v) is 3.15. The van der Waals surface area contributed by atoms with Crippen LogP contribution in [0.5, 0.6) is 0 Å². The Balaban J connectivity index is 2.41. The highest BCUT2D eigenvalue weighted by atomic mass is 16.6. The highest BCUT2D eigenvalue weighted by Gasteiger charge is 2.29. The van der Waals surface area contributed by atoms with Crippen LogP contribution in [0.2, 0.25) is 0 Å². The van der Waals surface area contributed by atoms with Gasteiger partial charge in [0, 0.05) is 32.1 Å². The molecule has 0 bridgehead atoms. The van der Waals surface area contributed by atoms with Crippen LogP contribution in [-0.2, 0) is 4.74 Å². The topological polar surface area (TPSA) is 56.6 Å². The van der Waals surface area contributed by atoms with Crippen molar-refractivity contribution in [3.63, 3.8) is 0 Å². The van der Waals surface area contributed by atoms with Crippen molar-refractivity contribution >= 4 is 6.09 Å². The Bertz CT molecular complexity index is 344. The highest BCUT2D eigenvalue weighted by Crippen LogP contribution is 2.15. The van der Waals surface area contributed by atoms with E-state index in [0.29, 0.717) is 25.6 Å². The maximum Gasteiger partial charge on any atom is 0.410 e. The molecule has 0 aromatic carbocycles. The van der Waals surface area contributed by atoms with Gasteiger partial charge < -0.3 is 9.64 Å². The molecule has 1 unspecified atom stereocenters. The number of nitrogens with zero attached hydrogens (tertiary/aromatic N) is 3. The first-order chi connectivity index (χ1) is 8.83. The van der Waals surface area contributed by atoms with E-state index in [0.717, 1.165) is 19.5 Å². The predicted molar refractivity (Wildman–Crippen MR) is 73.7 cm³/mol. The van der Waals surface area contributed by atoms with Crippen LogP contribution < -0.4 is 0 Å². The van der Waals surface area contributed by atoms with Gasteiger partial charge in [0.25, 0.3) is 0 Å². The number of carbonyl (C=O) groups is 1. The van der Waals surface area contributed by atoms with Crippen molar-refractivity contribution in [3.8, 4) is 6.07 Å². The SMILES string of the molecule is CC1CN(C(=O)OC(C)(C)C)CCN1CCCC#N. The van der Waals surface area contributed by atoms with Crippen molar-refractivity contribution in [2.24, 2.45) is 0 Å². The standard InChI is InChI=1S/C14H25N3O2/c1-12-11-17(13(18)19-14(2,3)4)10-9-16(12)8-6-5-7-15/h12H,5-6,8-11H2,1-4H3. The van der Waals surface area contributed by atoms with Crippen molar-refractivity contribution in [2.75, 3.05) is 26.2 Å². The summed E-state index contributed by atoms with van der Waals surface area (Å²) in [7, 11) is 0. The zero-order valence-electron chi connectivity index (χ0n) is 12.5. The molecule has 1 rings (SSSR count). The molecule has 0 radical (unpaired) electrons. The predicted octanol–water partition coefficient (Wildman–Crippen LogP) is 2.23.